The Bertz CT molecular complexity index is 1140. The fourth-order valence-corrected chi connectivity index (χ4v) is 3.24. The molecule has 2 N–H and O–H groups in total. The lowest BCUT2D eigenvalue weighted by Gasteiger charge is -2.28. The van der Waals surface area contributed by atoms with Crippen molar-refractivity contribution < 1.29 is 33.8 Å². The standard InChI is InChI=1S/C24H23N3O7/c1-16-13-19(34-12-11-33-10-2-3-17-4-5-18(29)14-25-17)6-7-20(16)24(32)27(15-28)21-8-9-22(30)26-23(21)31/h4-7,13-15,21,29H,8-12H2,1H3,(H,26,30,31). The number of aryl methyl sites for hydroxylation is 1. The number of imide groups is 2. The van der Waals surface area contributed by atoms with Crippen LogP contribution in [0.5, 0.6) is 11.5 Å². The lowest BCUT2D eigenvalue weighted by atomic mass is 10.0. The highest BCUT2D eigenvalue weighted by Gasteiger charge is 2.35. The molecule has 1 aliphatic heterocycles. The van der Waals surface area contributed by atoms with Crippen LogP contribution in [0.15, 0.2) is 36.5 Å². The van der Waals surface area contributed by atoms with Crippen molar-refractivity contribution in [2.75, 3.05) is 19.8 Å². The number of carbonyl (C=O) groups excluding carboxylic acids is 4. The zero-order valence-electron chi connectivity index (χ0n) is 18.4. The number of pyridine rings is 1. The summed E-state index contributed by atoms with van der Waals surface area (Å²) in [7, 11) is 0. The maximum atomic E-state index is 12.9. The van der Waals surface area contributed by atoms with Gasteiger partial charge in [0.1, 0.15) is 36.4 Å². The van der Waals surface area contributed by atoms with E-state index in [1.807, 2.05) is 0 Å². The van der Waals surface area contributed by atoms with Crippen molar-refractivity contribution in [3.05, 3.63) is 53.3 Å². The fraction of sp³-hybridized carbons (Fsp3) is 0.292. The maximum Gasteiger partial charge on any atom is 0.261 e. The van der Waals surface area contributed by atoms with Gasteiger partial charge in [-0.05, 0) is 55.2 Å². The molecule has 1 atom stereocenters. The molecule has 1 saturated heterocycles. The first-order valence-electron chi connectivity index (χ1n) is 10.5. The predicted octanol–water partition coefficient (Wildman–Crippen LogP) is 0.947. The van der Waals surface area contributed by atoms with Crippen LogP contribution < -0.4 is 10.1 Å². The van der Waals surface area contributed by atoms with Crippen LogP contribution >= 0.6 is 0 Å². The van der Waals surface area contributed by atoms with Crippen LogP contribution in [-0.2, 0) is 19.1 Å². The number of aromatic nitrogens is 1. The summed E-state index contributed by atoms with van der Waals surface area (Å²) < 4.78 is 11.0. The fourth-order valence-electron chi connectivity index (χ4n) is 3.24. The number of benzene rings is 1. The third kappa shape index (κ3) is 6.40. The number of nitrogens with one attached hydrogen (secondary N) is 1. The van der Waals surface area contributed by atoms with Crippen molar-refractivity contribution in [1.29, 1.82) is 0 Å². The molecule has 0 bridgehead atoms. The van der Waals surface area contributed by atoms with E-state index in [0.717, 1.165) is 4.90 Å². The third-order valence-electron chi connectivity index (χ3n) is 4.96. The number of amides is 4. The van der Waals surface area contributed by atoms with Gasteiger partial charge in [0, 0.05) is 12.0 Å². The minimum atomic E-state index is -1.02. The van der Waals surface area contributed by atoms with Gasteiger partial charge in [-0.15, -0.1) is 0 Å². The molecule has 1 aromatic heterocycles. The van der Waals surface area contributed by atoms with Gasteiger partial charge in [0.05, 0.1) is 12.8 Å². The van der Waals surface area contributed by atoms with Crippen molar-refractivity contribution >= 4 is 24.1 Å². The number of piperidine rings is 1. The Morgan fingerprint density at radius 1 is 1.29 bits per heavy atom. The summed E-state index contributed by atoms with van der Waals surface area (Å²) in [5.41, 5.74) is 1.34. The molecular formula is C24H23N3O7. The molecule has 1 fully saturated rings. The van der Waals surface area contributed by atoms with Gasteiger partial charge in [0.2, 0.25) is 18.2 Å². The van der Waals surface area contributed by atoms with E-state index < -0.39 is 23.8 Å². The summed E-state index contributed by atoms with van der Waals surface area (Å²) in [5, 5.41) is 11.3. The first-order valence-corrected chi connectivity index (χ1v) is 10.5. The van der Waals surface area contributed by atoms with Crippen molar-refractivity contribution in [2.24, 2.45) is 0 Å². The van der Waals surface area contributed by atoms with Crippen LogP contribution in [0.4, 0.5) is 0 Å². The minimum absolute atomic E-state index is 0.0567. The minimum Gasteiger partial charge on any atom is -0.506 e. The monoisotopic (exact) mass is 465 g/mol. The molecule has 0 radical (unpaired) electrons. The number of aromatic hydroxyl groups is 1. The molecule has 1 aliphatic rings. The molecule has 2 aromatic rings. The lowest BCUT2D eigenvalue weighted by molar-refractivity contribution is -0.139. The van der Waals surface area contributed by atoms with Crippen LogP contribution in [0.1, 0.15) is 34.5 Å². The molecule has 34 heavy (non-hydrogen) atoms. The van der Waals surface area contributed by atoms with Gasteiger partial charge in [0.15, 0.2) is 0 Å². The number of hydrogen-bond donors (Lipinski definition) is 2. The predicted molar refractivity (Wildman–Crippen MR) is 119 cm³/mol. The Labute approximate surface area is 195 Å². The Morgan fingerprint density at radius 3 is 2.79 bits per heavy atom. The smallest absolute Gasteiger partial charge is 0.261 e. The van der Waals surface area contributed by atoms with Crippen LogP contribution in [0.2, 0.25) is 0 Å². The first kappa shape index (κ1) is 24.4. The zero-order valence-corrected chi connectivity index (χ0v) is 18.4. The first-order chi connectivity index (χ1) is 16.4. The largest absolute Gasteiger partial charge is 0.506 e. The number of ether oxygens (including phenoxy) is 2. The zero-order chi connectivity index (χ0) is 24.5. The molecule has 2 heterocycles. The highest BCUT2D eigenvalue weighted by Crippen LogP contribution is 2.21. The number of carbonyl (C=O) groups is 4. The van der Waals surface area contributed by atoms with E-state index in [9.17, 15) is 24.3 Å². The van der Waals surface area contributed by atoms with E-state index in [2.05, 4.69) is 22.1 Å². The molecule has 3 rings (SSSR count). The molecule has 0 aliphatic carbocycles. The van der Waals surface area contributed by atoms with Crippen molar-refractivity contribution in [1.82, 2.24) is 15.2 Å². The highest BCUT2D eigenvalue weighted by molar-refractivity contribution is 6.07. The molecule has 4 amide bonds. The van der Waals surface area contributed by atoms with Crippen molar-refractivity contribution in [3.63, 3.8) is 0 Å². The molecule has 1 unspecified atom stereocenters. The summed E-state index contributed by atoms with van der Waals surface area (Å²) in [6.07, 6.45) is 1.77. The molecule has 176 valence electrons. The SMILES string of the molecule is Cc1cc(OCCOCC#Cc2ccc(O)cn2)ccc1C(=O)N(C=O)C1CCC(=O)NC1=O. The van der Waals surface area contributed by atoms with Crippen molar-refractivity contribution in [2.45, 2.75) is 25.8 Å². The van der Waals surface area contributed by atoms with Crippen LogP contribution in [0, 0.1) is 18.8 Å². The van der Waals surface area contributed by atoms with Gasteiger partial charge in [-0.3, -0.25) is 29.4 Å². The van der Waals surface area contributed by atoms with Gasteiger partial charge in [-0.1, -0.05) is 5.92 Å². The average molecular weight is 465 g/mol. The van der Waals surface area contributed by atoms with E-state index in [0.29, 0.717) is 23.4 Å². The average Bonchev–Trinajstić information content (AvgIpc) is 2.81. The highest BCUT2D eigenvalue weighted by atomic mass is 16.5. The van der Waals surface area contributed by atoms with Gasteiger partial charge in [-0.25, -0.2) is 4.98 Å². The van der Waals surface area contributed by atoms with Gasteiger partial charge in [-0.2, -0.15) is 0 Å². The number of nitrogens with zero attached hydrogens (tertiary/aromatic N) is 2. The molecular weight excluding hydrogens is 442 g/mol. The second kappa shape index (κ2) is 11.6. The molecule has 1 aromatic carbocycles. The van der Waals surface area contributed by atoms with E-state index in [1.54, 1.807) is 25.1 Å². The quantitative estimate of drug-likeness (QED) is 0.255. The Hall–Kier alpha value is -4.23. The van der Waals surface area contributed by atoms with Crippen LogP contribution in [0.25, 0.3) is 0 Å². The van der Waals surface area contributed by atoms with Gasteiger partial charge in [0.25, 0.3) is 5.91 Å². The van der Waals surface area contributed by atoms with E-state index in [-0.39, 0.29) is 44.0 Å². The van der Waals surface area contributed by atoms with Gasteiger partial charge < -0.3 is 14.6 Å². The van der Waals surface area contributed by atoms with Gasteiger partial charge >= 0.3 is 0 Å². The topological polar surface area (TPSA) is 135 Å². The molecule has 10 nitrogen and oxygen atoms in total. The molecule has 10 heteroatoms. The number of hydrogen-bond acceptors (Lipinski definition) is 8. The summed E-state index contributed by atoms with van der Waals surface area (Å²) in [4.78, 5) is 52.5. The molecule has 0 saturated carbocycles. The van der Waals surface area contributed by atoms with E-state index >= 15 is 0 Å². The lowest BCUT2D eigenvalue weighted by Crippen LogP contribution is -2.53. The third-order valence-corrected chi connectivity index (χ3v) is 4.96. The van der Waals surface area contributed by atoms with Crippen LogP contribution in [-0.4, -0.2) is 65.0 Å². The van der Waals surface area contributed by atoms with E-state index in [1.165, 1.54) is 18.3 Å². The van der Waals surface area contributed by atoms with Crippen LogP contribution in [0.3, 0.4) is 0 Å². The van der Waals surface area contributed by atoms with Crippen molar-refractivity contribution in [3.8, 4) is 23.3 Å². The summed E-state index contributed by atoms with van der Waals surface area (Å²) in [5.74, 6) is 4.47. The van der Waals surface area contributed by atoms with E-state index in [4.69, 9.17) is 9.47 Å². The maximum absolute atomic E-state index is 12.9. The second-order valence-electron chi connectivity index (χ2n) is 7.37. The Balaban J connectivity index is 1.49. The summed E-state index contributed by atoms with van der Waals surface area (Å²) in [6.45, 7) is 2.41. The second-order valence-corrected chi connectivity index (χ2v) is 7.37. The Morgan fingerprint density at radius 2 is 2.12 bits per heavy atom. The summed E-state index contributed by atoms with van der Waals surface area (Å²) >= 11 is 0. The normalized spacial score (nSPS) is 15.0. The number of rotatable bonds is 8. The summed E-state index contributed by atoms with van der Waals surface area (Å²) in [6, 6.07) is 6.83. The molecule has 0 spiro atoms. The Kier molecular flexibility index (Phi) is 8.32.